The largest absolute Gasteiger partial charge is 0.416 e. The zero-order valence-electron chi connectivity index (χ0n) is 17.9. The maximum Gasteiger partial charge on any atom is 0.416 e. The van der Waals surface area contributed by atoms with Crippen molar-refractivity contribution in [1.82, 2.24) is 14.9 Å². The van der Waals surface area contributed by atoms with Gasteiger partial charge in [-0.1, -0.05) is 35.5 Å². The number of hydrogen-bond acceptors (Lipinski definition) is 5. The average molecular weight is 531 g/mol. The molecular weight excluding hydrogens is 512 g/mol. The monoisotopic (exact) mass is 530 g/mol. The molecule has 3 N–H and O–H groups in total. The molecular formula is C22H19ClF4N4O3S. The van der Waals surface area contributed by atoms with Crippen molar-refractivity contribution in [2.45, 2.75) is 31.0 Å². The lowest BCUT2D eigenvalue weighted by Crippen LogP contribution is -2.28. The van der Waals surface area contributed by atoms with Gasteiger partial charge in [-0.05, 0) is 35.9 Å². The molecule has 13 heteroatoms. The Hall–Kier alpha value is -3.09. The summed E-state index contributed by atoms with van der Waals surface area (Å²) in [4.78, 5) is 28.8. The molecule has 35 heavy (non-hydrogen) atoms. The number of imidazole rings is 1. The molecule has 7 nitrogen and oxygen atoms in total. The van der Waals surface area contributed by atoms with Crippen molar-refractivity contribution in [3.05, 3.63) is 76.3 Å². The summed E-state index contributed by atoms with van der Waals surface area (Å²) in [6, 6.07) is 8.19. The Labute approximate surface area is 206 Å². The number of benzene rings is 2. The molecule has 3 aromatic rings. The first-order valence-corrected chi connectivity index (χ1v) is 11.4. The molecule has 0 spiro atoms. The lowest BCUT2D eigenvalue weighted by atomic mass is 10.2. The van der Waals surface area contributed by atoms with E-state index in [1.165, 1.54) is 35.0 Å². The van der Waals surface area contributed by atoms with Crippen molar-refractivity contribution in [3.8, 4) is 0 Å². The number of rotatable bonds is 9. The number of carbonyl (C=O) groups excluding carboxylic acids is 2. The molecule has 0 aliphatic rings. The van der Waals surface area contributed by atoms with Crippen molar-refractivity contribution in [3.63, 3.8) is 0 Å². The molecule has 1 heterocycles. The third-order valence-corrected chi connectivity index (χ3v) is 5.99. The molecule has 3 rings (SSSR count). The minimum atomic E-state index is -4.60. The van der Waals surface area contributed by atoms with E-state index in [0.29, 0.717) is 11.3 Å². The van der Waals surface area contributed by atoms with Crippen LogP contribution in [0.25, 0.3) is 0 Å². The molecule has 0 aliphatic carbocycles. The van der Waals surface area contributed by atoms with Gasteiger partial charge in [0.25, 0.3) is 0 Å². The predicted octanol–water partition coefficient (Wildman–Crippen LogP) is 4.23. The van der Waals surface area contributed by atoms with Gasteiger partial charge < -0.3 is 20.3 Å². The van der Waals surface area contributed by atoms with Crippen LogP contribution in [0.2, 0.25) is 5.02 Å². The van der Waals surface area contributed by atoms with E-state index in [9.17, 15) is 32.3 Å². The van der Waals surface area contributed by atoms with E-state index in [4.69, 9.17) is 11.6 Å². The number of nitrogens with zero attached hydrogens (tertiary/aromatic N) is 2. The van der Waals surface area contributed by atoms with Crippen LogP contribution >= 0.6 is 23.4 Å². The van der Waals surface area contributed by atoms with Crippen LogP contribution in [-0.2, 0) is 35.5 Å². The van der Waals surface area contributed by atoms with E-state index in [0.717, 1.165) is 30.0 Å². The summed E-state index contributed by atoms with van der Waals surface area (Å²) >= 11 is 6.82. The van der Waals surface area contributed by atoms with Crippen LogP contribution < -0.4 is 10.6 Å². The smallest absolute Gasteiger partial charge is 0.390 e. The van der Waals surface area contributed by atoms with Crippen LogP contribution in [0.5, 0.6) is 0 Å². The van der Waals surface area contributed by atoms with E-state index < -0.39 is 36.0 Å². The SMILES string of the molecule is O=C(Cn1c(CO)cnc1SCC(=O)Nc1cc(C(F)(F)F)ccc1Cl)NCc1ccc(F)cc1. The van der Waals surface area contributed by atoms with E-state index in [2.05, 4.69) is 15.6 Å². The van der Waals surface area contributed by atoms with Crippen molar-refractivity contribution >= 4 is 40.9 Å². The van der Waals surface area contributed by atoms with Gasteiger partial charge in [-0.15, -0.1) is 0 Å². The number of thioether (sulfide) groups is 1. The van der Waals surface area contributed by atoms with Crippen LogP contribution in [0.1, 0.15) is 16.8 Å². The van der Waals surface area contributed by atoms with Gasteiger partial charge in [-0.25, -0.2) is 9.37 Å². The van der Waals surface area contributed by atoms with E-state index in [-0.39, 0.29) is 34.7 Å². The summed E-state index contributed by atoms with van der Waals surface area (Å²) in [6.45, 7) is -0.462. The maximum absolute atomic E-state index is 13.0. The molecule has 186 valence electrons. The van der Waals surface area contributed by atoms with Gasteiger partial charge in [0.1, 0.15) is 12.4 Å². The highest BCUT2D eigenvalue weighted by Crippen LogP contribution is 2.34. The average Bonchev–Trinajstić information content (AvgIpc) is 3.19. The number of carbonyl (C=O) groups is 2. The lowest BCUT2D eigenvalue weighted by molar-refractivity contribution is -0.137. The second-order valence-electron chi connectivity index (χ2n) is 7.21. The number of hydrogen-bond donors (Lipinski definition) is 3. The number of halogens is 5. The van der Waals surface area contributed by atoms with Gasteiger partial charge in [0.05, 0.1) is 40.5 Å². The second-order valence-corrected chi connectivity index (χ2v) is 8.56. The quantitative estimate of drug-likeness (QED) is 0.284. The summed E-state index contributed by atoms with van der Waals surface area (Å²) in [5.41, 5.74) is -0.135. The lowest BCUT2D eigenvalue weighted by Gasteiger charge is -2.13. The van der Waals surface area contributed by atoms with Crippen LogP contribution in [0.3, 0.4) is 0 Å². The molecule has 0 aliphatic heterocycles. The van der Waals surface area contributed by atoms with Gasteiger partial charge in [-0.2, -0.15) is 13.2 Å². The van der Waals surface area contributed by atoms with Crippen LogP contribution in [0.4, 0.5) is 23.2 Å². The minimum absolute atomic E-state index is 0.0572. The van der Waals surface area contributed by atoms with Crippen molar-refractivity contribution in [2.24, 2.45) is 0 Å². The standard InChI is InChI=1S/C22H19ClF4N4O3S/c23-17-6-3-14(22(25,26)27)7-18(17)30-20(34)12-35-21-29-9-16(11-32)31(21)10-19(33)28-8-13-1-4-15(24)5-2-13/h1-7,9,32H,8,10-12H2,(H,28,33)(H,30,34). The maximum atomic E-state index is 13.0. The first-order valence-electron chi connectivity index (χ1n) is 10.0. The van der Waals surface area contributed by atoms with Crippen molar-refractivity contribution < 1.29 is 32.3 Å². The highest BCUT2D eigenvalue weighted by molar-refractivity contribution is 7.99. The number of alkyl halides is 3. The second kappa shape index (κ2) is 11.6. The Morgan fingerprint density at radius 1 is 1.11 bits per heavy atom. The summed E-state index contributed by atoms with van der Waals surface area (Å²) < 4.78 is 53.2. The normalized spacial score (nSPS) is 11.4. The first-order chi connectivity index (χ1) is 16.6. The highest BCUT2D eigenvalue weighted by Gasteiger charge is 2.31. The number of nitrogens with one attached hydrogen (secondary N) is 2. The first kappa shape index (κ1) is 26.5. The minimum Gasteiger partial charge on any atom is -0.390 e. The zero-order chi connectivity index (χ0) is 25.6. The van der Waals surface area contributed by atoms with Gasteiger partial charge in [0.15, 0.2) is 5.16 Å². The van der Waals surface area contributed by atoms with Gasteiger partial charge in [-0.3, -0.25) is 9.59 Å². The fraction of sp³-hybridized carbons (Fsp3) is 0.227. The van der Waals surface area contributed by atoms with Crippen LogP contribution in [0.15, 0.2) is 53.8 Å². The molecule has 0 atom stereocenters. The van der Waals surface area contributed by atoms with E-state index in [1.807, 2.05) is 0 Å². The summed E-state index contributed by atoms with van der Waals surface area (Å²) in [7, 11) is 0. The van der Waals surface area contributed by atoms with Gasteiger partial charge in [0, 0.05) is 6.54 Å². The third kappa shape index (κ3) is 7.44. The molecule has 0 unspecified atom stereocenters. The molecule has 2 amide bonds. The Morgan fingerprint density at radius 3 is 2.49 bits per heavy atom. The molecule has 0 fully saturated rings. The van der Waals surface area contributed by atoms with Crippen LogP contribution in [0, 0.1) is 5.82 Å². The Bertz CT molecular complexity index is 1200. The summed E-state index contributed by atoms with van der Waals surface area (Å²) in [5, 5.41) is 14.7. The van der Waals surface area contributed by atoms with E-state index in [1.54, 1.807) is 0 Å². The van der Waals surface area contributed by atoms with E-state index >= 15 is 0 Å². The topological polar surface area (TPSA) is 96.2 Å². The fourth-order valence-corrected chi connectivity index (χ4v) is 3.88. The van der Waals surface area contributed by atoms with Crippen molar-refractivity contribution in [2.75, 3.05) is 11.1 Å². The number of aliphatic hydroxyl groups is 1. The van der Waals surface area contributed by atoms with Crippen molar-refractivity contribution in [1.29, 1.82) is 0 Å². The predicted molar refractivity (Wildman–Crippen MR) is 122 cm³/mol. The number of amides is 2. The highest BCUT2D eigenvalue weighted by atomic mass is 35.5. The molecule has 0 saturated carbocycles. The molecule has 0 saturated heterocycles. The third-order valence-electron chi connectivity index (χ3n) is 4.67. The van der Waals surface area contributed by atoms with Crippen LogP contribution in [-0.4, -0.2) is 32.2 Å². The Kier molecular flexibility index (Phi) is 8.76. The zero-order valence-corrected chi connectivity index (χ0v) is 19.5. The number of aliphatic hydroxyl groups excluding tert-OH is 1. The number of aromatic nitrogens is 2. The van der Waals surface area contributed by atoms with Gasteiger partial charge in [0.2, 0.25) is 11.8 Å². The molecule has 0 radical (unpaired) electrons. The fourth-order valence-electron chi connectivity index (χ4n) is 2.92. The summed E-state index contributed by atoms with van der Waals surface area (Å²) in [5.74, 6) is -1.70. The molecule has 2 aromatic carbocycles. The Balaban J connectivity index is 1.61. The summed E-state index contributed by atoms with van der Waals surface area (Å²) in [6.07, 6.45) is -3.25. The van der Waals surface area contributed by atoms with Gasteiger partial charge >= 0.3 is 6.18 Å². The molecule has 0 bridgehead atoms. The Morgan fingerprint density at radius 2 is 1.83 bits per heavy atom. The molecule has 1 aromatic heterocycles. The number of anilines is 1.